The molecule has 4 aromatic rings. The summed E-state index contributed by atoms with van der Waals surface area (Å²) in [5.41, 5.74) is 4.01. The molecule has 0 radical (unpaired) electrons. The first-order chi connectivity index (χ1) is 11.7. The third kappa shape index (κ3) is 2.44. The summed E-state index contributed by atoms with van der Waals surface area (Å²) in [5, 5.41) is 14.7. The van der Waals surface area contributed by atoms with Crippen LogP contribution in [-0.4, -0.2) is 11.1 Å². The number of H-pyrrole nitrogens is 1. The summed E-state index contributed by atoms with van der Waals surface area (Å²) in [6, 6.07) is 22.9. The van der Waals surface area contributed by atoms with Gasteiger partial charge in [0.2, 0.25) is 11.0 Å². The first-order valence-corrected chi connectivity index (χ1v) is 7.65. The van der Waals surface area contributed by atoms with Crippen molar-refractivity contribution in [3.05, 3.63) is 78.4 Å². The van der Waals surface area contributed by atoms with Crippen LogP contribution in [0.3, 0.4) is 0 Å². The van der Waals surface area contributed by atoms with Gasteiger partial charge in [0.05, 0.1) is 22.0 Å². The predicted octanol–water partition coefficient (Wildman–Crippen LogP) is 4.25. The van der Waals surface area contributed by atoms with Crippen molar-refractivity contribution >= 4 is 39.1 Å². The van der Waals surface area contributed by atoms with Crippen molar-refractivity contribution < 1.29 is 14.9 Å². The quantitative estimate of drug-likeness (QED) is 0.556. The Morgan fingerprint density at radius 1 is 0.833 bits per heavy atom. The van der Waals surface area contributed by atoms with Gasteiger partial charge in [0, 0.05) is 17.8 Å². The highest BCUT2D eigenvalue weighted by molar-refractivity contribution is 6.06. The van der Waals surface area contributed by atoms with Crippen LogP contribution in [0.1, 0.15) is 10.4 Å². The third-order valence-electron chi connectivity index (χ3n) is 4.04. The summed E-state index contributed by atoms with van der Waals surface area (Å²) in [4.78, 5) is 14.6. The zero-order valence-corrected chi connectivity index (χ0v) is 12.8. The van der Waals surface area contributed by atoms with Crippen LogP contribution >= 0.6 is 0 Å². The minimum atomic E-state index is -0.935. The fourth-order valence-electron chi connectivity index (χ4n) is 2.92. The molecular weight excluding hydrogens is 300 g/mol. The number of pyridine rings is 1. The number of hydrogen-bond acceptors (Lipinski definition) is 2. The molecule has 116 valence electrons. The molecule has 0 fully saturated rings. The Kier molecular flexibility index (Phi) is 3.35. The van der Waals surface area contributed by atoms with Crippen LogP contribution < -0.4 is 10.3 Å². The normalized spacial score (nSPS) is 10.8. The fraction of sp³-hybridized carbons (Fsp3) is 0. The highest BCUT2D eigenvalue weighted by Crippen LogP contribution is 2.31. The van der Waals surface area contributed by atoms with Crippen molar-refractivity contribution in [1.29, 1.82) is 0 Å². The maximum atomic E-state index is 11.2. The third-order valence-corrected chi connectivity index (χ3v) is 4.04. The van der Waals surface area contributed by atoms with Crippen molar-refractivity contribution in [3.8, 4) is 0 Å². The molecule has 4 heteroatoms. The Hall–Kier alpha value is -3.40. The number of carbonyl (C=O) groups is 1. The summed E-state index contributed by atoms with van der Waals surface area (Å²) in [7, 11) is 0. The zero-order chi connectivity index (χ0) is 16.5. The van der Waals surface area contributed by atoms with Crippen molar-refractivity contribution in [2.45, 2.75) is 0 Å². The number of aromatic carboxylic acids is 1. The van der Waals surface area contributed by atoms with E-state index in [4.69, 9.17) is 0 Å². The smallest absolute Gasteiger partial charge is 0.335 e. The fourth-order valence-corrected chi connectivity index (χ4v) is 2.92. The van der Waals surface area contributed by atoms with E-state index in [1.807, 2.05) is 54.6 Å². The van der Waals surface area contributed by atoms with E-state index >= 15 is 0 Å². The SMILES string of the molecule is O=C(O)c1cccc(Nc2c3ccccc3[nH+]c3ccccc23)c1. The van der Waals surface area contributed by atoms with E-state index in [-0.39, 0.29) is 5.56 Å². The molecule has 3 N–H and O–H groups in total. The van der Waals surface area contributed by atoms with Crippen LogP contribution in [0.4, 0.5) is 11.4 Å². The van der Waals surface area contributed by atoms with Gasteiger partial charge >= 0.3 is 5.97 Å². The lowest BCUT2D eigenvalue weighted by Gasteiger charge is -2.11. The van der Waals surface area contributed by atoms with Crippen molar-refractivity contribution in [2.75, 3.05) is 5.32 Å². The number of fused-ring (bicyclic) bond motifs is 2. The molecule has 0 bridgehead atoms. The van der Waals surface area contributed by atoms with Crippen LogP contribution in [0.5, 0.6) is 0 Å². The summed E-state index contributed by atoms with van der Waals surface area (Å²) in [6.45, 7) is 0. The molecule has 0 aliphatic rings. The molecule has 1 aromatic heterocycles. The maximum Gasteiger partial charge on any atom is 0.335 e. The Bertz CT molecular complexity index is 1020. The number of nitrogens with one attached hydrogen (secondary N) is 2. The molecule has 0 saturated heterocycles. The van der Waals surface area contributed by atoms with E-state index in [9.17, 15) is 9.90 Å². The first-order valence-electron chi connectivity index (χ1n) is 7.65. The molecule has 0 aliphatic carbocycles. The Morgan fingerprint density at radius 3 is 2.08 bits per heavy atom. The van der Waals surface area contributed by atoms with Crippen LogP contribution in [0, 0.1) is 0 Å². The summed E-state index contributed by atoms with van der Waals surface area (Å²) >= 11 is 0. The second kappa shape index (κ2) is 5.66. The number of anilines is 2. The van der Waals surface area contributed by atoms with Gasteiger partial charge in [-0.15, -0.1) is 0 Å². The second-order valence-corrected chi connectivity index (χ2v) is 5.60. The average Bonchev–Trinajstić information content (AvgIpc) is 2.62. The number of rotatable bonds is 3. The van der Waals surface area contributed by atoms with E-state index < -0.39 is 5.97 Å². The van der Waals surface area contributed by atoms with Crippen LogP contribution in [0.15, 0.2) is 72.8 Å². The topological polar surface area (TPSA) is 63.5 Å². The second-order valence-electron chi connectivity index (χ2n) is 5.60. The molecule has 0 spiro atoms. The number of carboxylic acids is 1. The molecule has 24 heavy (non-hydrogen) atoms. The number of carboxylic acid groups (broad SMARTS) is 1. The van der Waals surface area contributed by atoms with Gasteiger partial charge in [0.15, 0.2) is 0 Å². The van der Waals surface area contributed by atoms with Crippen molar-refractivity contribution in [1.82, 2.24) is 0 Å². The van der Waals surface area contributed by atoms with E-state index in [0.717, 1.165) is 33.2 Å². The number of aromatic amines is 1. The van der Waals surface area contributed by atoms with E-state index in [1.165, 1.54) is 0 Å². The molecule has 0 unspecified atom stereocenters. The average molecular weight is 315 g/mol. The maximum absolute atomic E-state index is 11.2. The lowest BCUT2D eigenvalue weighted by atomic mass is 10.1. The van der Waals surface area contributed by atoms with Gasteiger partial charge in [-0.3, -0.25) is 0 Å². The molecular formula is C20H15N2O2+. The Balaban J connectivity index is 1.94. The molecule has 4 nitrogen and oxygen atoms in total. The summed E-state index contributed by atoms with van der Waals surface area (Å²) in [5.74, 6) is -0.935. The molecule has 1 heterocycles. The first kappa shape index (κ1) is 14.2. The Morgan fingerprint density at radius 2 is 1.46 bits per heavy atom. The lowest BCUT2D eigenvalue weighted by Crippen LogP contribution is -2.08. The molecule has 0 amide bonds. The number of hydrogen-bond donors (Lipinski definition) is 2. The number of aromatic nitrogens is 1. The highest BCUT2D eigenvalue weighted by atomic mass is 16.4. The highest BCUT2D eigenvalue weighted by Gasteiger charge is 2.14. The molecule has 3 aromatic carbocycles. The minimum Gasteiger partial charge on any atom is -0.478 e. The largest absolute Gasteiger partial charge is 0.478 e. The zero-order valence-electron chi connectivity index (χ0n) is 12.8. The Labute approximate surface area is 138 Å². The van der Waals surface area contributed by atoms with Gasteiger partial charge in [0.25, 0.3) is 0 Å². The van der Waals surface area contributed by atoms with Crippen LogP contribution in [0.25, 0.3) is 21.8 Å². The van der Waals surface area contributed by atoms with Gasteiger partial charge in [-0.2, -0.15) is 0 Å². The molecule has 0 atom stereocenters. The van der Waals surface area contributed by atoms with Crippen molar-refractivity contribution in [3.63, 3.8) is 0 Å². The van der Waals surface area contributed by atoms with Gasteiger partial charge in [0.1, 0.15) is 0 Å². The van der Waals surface area contributed by atoms with E-state index in [0.29, 0.717) is 0 Å². The van der Waals surface area contributed by atoms with Crippen LogP contribution in [-0.2, 0) is 0 Å². The lowest BCUT2D eigenvalue weighted by molar-refractivity contribution is -0.310. The predicted molar refractivity (Wildman–Crippen MR) is 94.7 cm³/mol. The van der Waals surface area contributed by atoms with Gasteiger partial charge in [-0.05, 0) is 30.3 Å². The molecule has 0 saturated carbocycles. The standard InChI is InChI=1S/C20H14N2O2/c23-20(24)13-6-5-7-14(12-13)21-19-15-8-1-3-10-17(15)22-18-11-4-2-9-16(18)19/h1-12H,(H,21,22)(H,23,24)/p+1. The molecule has 4 rings (SSSR count). The van der Waals surface area contributed by atoms with E-state index in [1.54, 1.807) is 18.2 Å². The summed E-state index contributed by atoms with van der Waals surface area (Å²) < 4.78 is 0. The number of para-hydroxylation sites is 2. The van der Waals surface area contributed by atoms with E-state index in [2.05, 4.69) is 10.3 Å². The van der Waals surface area contributed by atoms with Crippen molar-refractivity contribution in [2.24, 2.45) is 0 Å². The summed E-state index contributed by atoms with van der Waals surface area (Å²) in [6.07, 6.45) is 0. The molecule has 0 aliphatic heterocycles. The van der Waals surface area contributed by atoms with Gasteiger partial charge < -0.3 is 10.4 Å². The minimum absolute atomic E-state index is 0.260. The monoisotopic (exact) mass is 315 g/mol. The van der Waals surface area contributed by atoms with Gasteiger partial charge in [-0.25, -0.2) is 9.78 Å². The number of benzene rings is 3. The van der Waals surface area contributed by atoms with Gasteiger partial charge in [-0.1, -0.05) is 30.3 Å². The van der Waals surface area contributed by atoms with Crippen LogP contribution in [0.2, 0.25) is 0 Å².